The summed E-state index contributed by atoms with van der Waals surface area (Å²) in [6.07, 6.45) is 1.48. The van der Waals surface area contributed by atoms with Gasteiger partial charge in [-0.2, -0.15) is 0 Å². The van der Waals surface area contributed by atoms with E-state index >= 15 is 0 Å². The molecule has 0 aromatic carbocycles. The number of hydrogen-bond donors (Lipinski definition) is 2. The summed E-state index contributed by atoms with van der Waals surface area (Å²) < 4.78 is 0. The lowest BCUT2D eigenvalue weighted by Crippen LogP contribution is -2.30. The van der Waals surface area contributed by atoms with Crippen molar-refractivity contribution in [2.24, 2.45) is 0 Å². The van der Waals surface area contributed by atoms with Crippen molar-refractivity contribution in [1.29, 1.82) is 0 Å². The van der Waals surface area contributed by atoms with E-state index in [-0.39, 0.29) is 11.9 Å². The van der Waals surface area contributed by atoms with Crippen molar-refractivity contribution in [2.75, 3.05) is 11.9 Å². The summed E-state index contributed by atoms with van der Waals surface area (Å²) in [5, 5.41) is 6.18. The van der Waals surface area contributed by atoms with E-state index in [9.17, 15) is 4.79 Å². The van der Waals surface area contributed by atoms with Gasteiger partial charge in [0.05, 0.1) is 10.6 Å². The maximum atomic E-state index is 11.8. The molecule has 1 aromatic rings. The minimum atomic E-state index is -0.179. The predicted octanol–water partition coefficient (Wildman–Crippen LogP) is 2.30. The summed E-state index contributed by atoms with van der Waals surface area (Å²) in [5.41, 5.74) is 0.446. The minimum absolute atomic E-state index is 0.0827. The summed E-state index contributed by atoms with van der Waals surface area (Å²) in [6.45, 7) is 6.51. The van der Waals surface area contributed by atoms with Gasteiger partial charge < -0.3 is 10.6 Å². The quantitative estimate of drug-likeness (QED) is 0.851. The average molecular weight is 242 g/mol. The van der Waals surface area contributed by atoms with Crippen LogP contribution in [-0.2, 0) is 0 Å². The van der Waals surface area contributed by atoms with Crippen molar-refractivity contribution in [3.8, 4) is 0 Å². The first-order chi connectivity index (χ1) is 7.54. The summed E-state index contributed by atoms with van der Waals surface area (Å²) in [4.78, 5) is 15.8. The van der Waals surface area contributed by atoms with Crippen LogP contribution in [0.1, 0.15) is 31.1 Å². The zero-order valence-electron chi connectivity index (χ0n) is 9.67. The smallest absolute Gasteiger partial charge is 0.253 e. The number of pyridine rings is 1. The van der Waals surface area contributed by atoms with E-state index in [0.717, 1.165) is 6.54 Å². The van der Waals surface area contributed by atoms with E-state index in [4.69, 9.17) is 11.6 Å². The molecular weight excluding hydrogens is 226 g/mol. The third-order valence-corrected chi connectivity index (χ3v) is 2.18. The minimum Gasteiger partial charge on any atom is -0.370 e. The van der Waals surface area contributed by atoms with Crippen LogP contribution in [0.5, 0.6) is 0 Å². The maximum absolute atomic E-state index is 11.8. The average Bonchev–Trinajstić information content (AvgIpc) is 2.20. The van der Waals surface area contributed by atoms with Gasteiger partial charge in [-0.3, -0.25) is 4.79 Å². The maximum Gasteiger partial charge on any atom is 0.253 e. The SMILES string of the molecule is CCNc1cc(C(=O)NC(C)C)c(Cl)cn1. The molecule has 0 fully saturated rings. The lowest BCUT2D eigenvalue weighted by molar-refractivity contribution is 0.0943. The number of carbonyl (C=O) groups excluding carboxylic acids is 1. The second-order valence-corrected chi connectivity index (χ2v) is 4.12. The van der Waals surface area contributed by atoms with Gasteiger partial charge in [0, 0.05) is 18.8 Å². The first-order valence-electron chi connectivity index (χ1n) is 5.24. The van der Waals surface area contributed by atoms with Crippen LogP contribution in [0.3, 0.4) is 0 Å². The number of nitrogens with one attached hydrogen (secondary N) is 2. The van der Waals surface area contributed by atoms with E-state index in [2.05, 4.69) is 15.6 Å². The van der Waals surface area contributed by atoms with Crippen LogP contribution < -0.4 is 10.6 Å². The molecule has 5 heteroatoms. The lowest BCUT2D eigenvalue weighted by atomic mass is 10.2. The normalized spacial score (nSPS) is 10.3. The van der Waals surface area contributed by atoms with E-state index in [1.807, 2.05) is 20.8 Å². The van der Waals surface area contributed by atoms with Gasteiger partial charge in [0.25, 0.3) is 5.91 Å². The van der Waals surface area contributed by atoms with Crippen molar-refractivity contribution in [3.05, 3.63) is 22.8 Å². The molecule has 0 aliphatic carbocycles. The van der Waals surface area contributed by atoms with Gasteiger partial charge in [0.2, 0.25) is 0 Å². The van der Waals surface area contributed by atoms with Gasteiger partial charge >= 0.3 is 0 Å². The van der Waals surface area contributed by atoms with Crippen LogP contribution in [0.4, 0.5) is 5.82 Å². The first-order valence-corrected chi connectivity index (χ1v) is 5.62. The predicted molar refractivity (Wildman–Crippen MR) is 66.0 cm³/mol. The third-order valence-electron chi connectivity index (χ3n) is 1.88. The van der Waals surface area contributed by atoms with Crippen LogP contribution in [0.2, 0.25) is 5.02 Å². The summed E-state index contributed by atoms with van der Waals surface area (Å²) in [7, 11) is 0. The van der Waals surface area contributed by atoms with Crippen molar-refractivity contribution in [3.63, 3.8) is 0 Å². The van der Waals surface area contributed by atoms with Crippen molar-refractivity contribution < 1.29 is 4.79 Å². The van der Waals surface area contributed by atoms with E-state index in [1.54, 1.807) is 6.07 Å². The molecule has 0 unspecified atom stereocenters. The molecule has 1 heterocycles. The van der Waals surface area contributed by atoms with E-state index in [0.29, 0.717) is 16.4 Å². The highest BCUT2D eigenvalue weighted by Gasteiger charge is 2.12. The summed E-state index contributed by atoms with van der Waals surface area (Å²) >= 11 is 5.92. The summed E-state index contributed by atoms with van der Waals surface area (Å²) in [5.74, 6) is 0.474. The Morgan fingerprint density at radius 3 is 2.81 bits per heavy atom. The molecule has 0 atom stereocenters. The molecule has 1 rings (SSSR count). The van der Waals surface area contributed by atoms with Crippen molar-refractivity contribution >= 4 is 23.3 Å². The number of anilines is 1. The van der Waals surface area contributed by atoms with Crippen LogP contribution in [0.15, 0.2) is 12.3 Å². The van der Waals surface area contributed by atoms with Crippen LogP contribution in [0, 0.1) is 0 Å². The molecular formula is C11H16ClN3O. The molecule has 0 saturated carbocycles. The number of nitrogens with zero attached hydrogens (tertiary/aromatic N) is 1. The number of rotatable bonds is 4. The highest BCUT2D eigenvalue weighted by atomic mass is 35.5. The number of amides is 1. The summed E-state index contributed by atoms with van der Waals surface area (Å²) in [6, 6.07) is 1.74. The highest BCUT2D eigenvalue weighted by molar-refractivity contribution is 6.33. The van der Waals surface area contributed by atoms with Gasteiger partial charge in [-0.1, -0.05) is 11.6 Å². The number of aromatic nitrogens is 1. The molecule has 88 valence electrons. The van der Waals surface area contributed by atoms with Gasteiger partial charge in [0.15, 0.2) is 0 Å². The van der Waals surface area contributed by atoms with Gasteiger partial charge in [-0.05, 0) is 26.8 Å². The zero-order chi connectivity index (χ0) is 12.1. The Morgan fingerprint density at radius 2 is 2.25 bits per heavy atom. The number of halogens is 1. The Hall–Kier alpha value is -1.29. The standard InChI is InChI=1S/C11H16ClN3O/c1-4-13-10-5-8(9(12)6-14-10)11(16)15-7(2)3/h5-7H,4H2,1-3H3,(H,13,14)(H,15,16). The first kappa shape index (κ1) is 12.8. The second kappa shape index (κ2) is 5.70. The van der Waals surface area contributed by atoms with Crippen LogP contribution >= 0.6 is 11.6 Å². The molecule has 1 amide bonds. The molecule has 0 bridgehead atoms. The molecule has 4 nitrogen and oxygen atoms in total. The largest absolute Gasteiger partial charge is 0.370 e. The Morgan fingerprint density at radius 1 is 1.56 bits per heavy atom. The molecule has 0 aliphatic heterocycles. The fraction of sp³-hybridized carbons (Fsp3) is 0.455. The molecule has 0 aliphatic rings. The topological polar surface area (TPSA) is 54.0 Å². The van der Waals surface area contributed by atoms with Crippen LogP contribution in [0.25, 0.3) is 0 Å². The van der Waals surface area contributed by atoms with Gasteiger partial charge in [-0.25, -0.2) is 4.98 Å². The van der Waals surface area contributed by atoms with E-state index < -0.39 is 0 Å². The molecule has 0 spiro atoms. The van der Waals surface area contributed by atoms with Gasteiger partial charge in [0.1, 0.15) is 5.82 Å². The zero-order valence-corrected chi connectivity index (χ0v) is 10.4. The molecule has 0 saturated heterocycles. The Bertz CT molecular complexity index is 379. The fourth-order valence-corrected chi connectivity index (χ4v) is 1.42. The van der Waals surface area contributed by atoms with Crippen molar-refractivity contribution in [1.82, 2.24) is 10.3 Å². The lowest BCUT2D eigenvalue weighted by Gasteiger charge is -2.10. The second-order valence-electron chi connectivity index (χ2n) is 3.71. The van der Waals surface area contributed by atoms with Crippen molar-refractivity contribution in [2.45, 2.75) is 26.8 Å². The molecule has 1 aromatic heterocycles. The number of hydrogen-bond acceptors (Lipinski definition) is 3. The highest BCUT2D eigenvalue weighted by Crippen LogP contribution is 2.17. The van der Waals surface area contributed by atoms with Gasteiger partial charge in [-0.15, -0.1) is 0 Å². The number of carbonyl (C=O) groups is 1. The third kappa shape index (κ3) is 3.38. The van der Waals surface area contributed by atoms with E-state index in [1.165, 1.54) is 6.20 Å². The molecule has 2 N–H and O–H groups in total. The molecule has 0 radical (unpaired) electrons. The van der Waals surface area contributed by atoms with Crippen LogP contribution in [-0.4, -0.2) is 23.5 Å². The Labute approximate surface area is 100 Å². The Balaban J connectivity index is 2.93. The monoisotopic (exact) mass is 241 g/mol. The Kier molecular flexibility index (Phi) is 4.55. The fourth-order valence-electron chi connectivity index (χ4n) is 1.23. The molecule has 16 heavy (non-hydrogen) atoms.